The quantitative estimate of drug-likeness (QED) is 0.724. The average molecular weight is 390 g/mol. The maximum atomic E-state index is 12.4. The Morgan fingerprint density at radius 1 is 0.966 bits per heavy atom. The van der Waals surface area contributed by atoms with Crippen LogP contribution in [0.1, 0.15) is 0 Å². The molecule has 0 radical (unpaired) electrons. The van der Waals surface area contributed by atoms with E-state index in [4.69, 9.17) is 4.74 Å². The first-order valence-electron chi connectivity index (χ1n) is 9.55. The van der Waals surface area contributed by atoms with Crippen LogP contribution in [0, 0.1) is 0 Å². The molecule has 0 bridgehead atoms. The van der Waals surface area contributed by atoms with Crippen molar-refractivity contribution in [3.63, 3.8) is 0 Å². The molecule has 0 saturated carbocycles. The summed E-state index contributed by atoms with van der Waals surface area (Å²) in [5, 5.41) is 7.15. The number of hydrogen-bond donors (Lipinski definition) is 1. The fourth-order valence-electron chi connectivity index (χ4n) is 3.24. The van der Waals surface area contributed by atoms with Gasteiger partial charge in [-0.2, -0.15) is 5.10 Å². The number of morpholine rings is 1. The fraction of sp³-hybridized carbons (Fsp3) is 0.227. The van der Waals surface area contributed by atoms with Gasteiger partial charge in [-0.25, -0.2) is 4.68 Å². The zero-order valence-corrected chi connectivity index (χ0v) is 16.0. The molecule has 7 heteroatoms. The van der Waals surface area contributed by atoms with E-state index in [1.54, 1.807) is 6.07 Å². The molecule has 3 aromatic rings. The lowest BCUT2D eigenvalue weighted by atomic mass is 10.1. The summed E-state index contributed by atoms with van der Waals surface area (Å²) in [4.78, 5) is 26.8. The molecule has 7 nitrogen and oxygen atoms in total. The Labute approximate surface area is 168 Å². The molecule has 1 saturated heterocycles. The second-order valence-corrected chi connectivity index (χ2v) is 6.77. The van der Waals surface area contributed by atoms with E-state index in [1.807, 2.05) is 54.6 Å². The third-order valence-corrected chi connectivity index (χ3v) is 4.76. The SMILES string of the molecule is O=C(Cn1nc(-c2ccccc2)ccc1=O)Nc1ccc(N2CCOCC2)cc1. The van der Waals surface area contributed by atoms with Gasteiger partial charge in [0.2, 0.25) is 5.91 Å². The van der Waals surface area contributed by atoms with Crippen molar-refractivity contribution in [2.45, 2.75) is 6.54 Å². The number of carbonyl (C=O) groups excluding carboxylic acids is 1. The lowest BCUT2D eigenvalue weighted by Gasteiger charge is -2.28. The average Bonchev–Trinajstić information content (AvgIpc) is 2.77. The normalized spacial score (nSPS) is 13.9. The van der Waals surface area contributed by atoms with Crippen LogP contribution in [-0.2, 0) is 16.1 Å². The maximum Gasteiger partial charge on any atom is 0.267 e. The molecule has 29 heavy (non-hydrogen) atoms. The topological polar surface area (TPSA) is 76.5 Å². The molecule has 2 aromatic carbocycles. The number of ether oxygens (including phenoxy) is 1. The Kier molecular flexibility index (Phi) is 5.67. The minimum Gasteiger partial charge on any atom is -0.378 e. The van der Waals surface area contributed by atoms with Crippen molar-refractivity contribution < 1.29 is 9.53 Å². The summed E-state index contributed by atoms with van der Waals surface area (Å²) in [7, 11) is 0. The second-order valence-electron chi connectivity index (χ2n) is 6.77. The number of anilines is 2. The molecular formula is C22H22N4O3. The number of carbonyl (C=O) groups is 1. The van der Waals surface area contributed by atoms with Crippen LogP contribution in [0.2, 0.25) is 0 Å². The Morgan fingerprint density at radius 2 is 1.69 bits per heavy atom. The minimum atomic E-state index is -0.317. The lowest BCUT2D eigenvalue weighted by molar-refractivity contribution is -0.117. The Hall–Kier alpha value is -3.45. The van der Waals surface area contributed by atoms with Gasteiger partial charge in [0.05, 0.1) is 18.9 Å². The molecule has 1 aliphatic rings. The highest BCUT2D eigenvalue weighted by atomic mass is 16.5. The van der Waals surface area contributed by atoms with E-state index < -0.39 is 0 Å². The summed E-state index contributed by atoms with van der Waals surface area (Å²) in [6.45, 7) is 3.02. The second kappa shape index (κ2) is 8.70. The van der Waals surface area contributed by atoms with Crippen molar-refractivity contribution in [1.29, 1.82) is 0 Å². The van der Waals surface area contributed by atoms with Gasteiger partial charge in [-0.15, -0.1) is 0 Å². The van der Waals surface area contributed by atoms with Crippen LogP contribution in [-0.4, -0.2) is 42.0 Å². The molecule has 0 unspecified atom stereocenters. The highest BCUT2D eigenvalue weighted by Gasteiger charge is 2.12. The number of aromatic nitrogens is 2. The van der Waals surface area contributed by atoms with Crippen molar-refractivity contribution in [3.05, 3.63) is 77.1 Å². The van der Waals surface area contributed by atoms with E-state index in [-0.39, 0.29) is 18.0 Å². The Morgan fingerprint density at radius 3 is 2.41 bits per heavy atom. The molecule has 0 spiro atoms. The van der Waals surface area contributed by atoms with E-state index in [9.17, 15) is 9.59 Å². The highest BCUT2D eigenvalue weighted by molar-refractivity contribution is 5.90. The van der Waals surface area contributed by atoms with Gasteiger partial charge in [-0.1, -0.05) is 30.3 Å². The van der Waals surface area contributed by atoms with Gasteiger partial charge in [-0.3, -0.25) is 9.59 Å². The van der Waals surface area contributed by atoms with Crippen LogP contribution in [0.4, 0.5) is 11.4 Å². The standard InChI is InChI=1S/C22H22N4O3/c27-21(23-18-6-8-19(9-7-18)25-12-14-29-15-13-25)16-26-22(28)11-10-20(24-26)17-4-2-1-3-5-17/h1-11H,12-16H2,(H,23,27). The summed E-state index contributed by atoms with van der Waals surface area (Å²) in [6, 6.07) is 20.3. The molecule has 1 aliphatic heterocycles. The third-order valence-electron chi connectivity index (χ3n) is 4.76. The number of nitrogens with zero attached hydrogens (tertiary/aromatic N) is 3. The van der Waals surface area contributed by atoms with Crippen molar-refractivity contribution in [1.82, 2.24) is 9.78 Å². The maximum absolute atomic E-state index is 12.4. The van der Waals surface area contributed by atoms with Crippen LogP contribution in [0.3, 0.4) is 0 Å². The Balaban J connectivity index is 1.42. The van der Waals surface area contributed by atoms with Crippen LogP contribution in [0.5, 0.6) is 0 Å². The molecule has 0 aliphatic carbocycles. The first-order chi connectivity index (χ1) is 14.2. The predicted molar refractivity (Wildman–Crippen MR) is 112 cm³/mol. The zero-order chi connectivity index (χ0) is 20.1. The van der Waals surface area contributed by atoms with Gasteiger partial charge in [0.15, 0.2) is 0 Å². The van der Waals surface area contributed by atoms with Gasteiger partial charge in [0.1, 0.15) is 6.54 Å². The highest BCUT2D eigenvalue weighted by Crippen LogP contribution is 2.19. The molecule has 1 N–H and O–H groups in total. The van der Waals surface area contributed by atoms with Gasteiger partial charge in [0.25, 0.3) is 5.56 Å². The van der Waals surface area contributed by atoms with Gasteiger partial charge >= 0.3 is 0 Å². The molecular weight excluding hydrogens is 368 g/mol. The molecule has 4 rings (SSSR count). The lowest BCUT2D eigenvalue weighted by Crippen LogP contribution is -2.36. The summed E-state index contributed by atoms with van der Waals surface area (Å²) in [5.74, 6) is -0.302. The Bertz CT molecular complexity index is 1030. The first-order valence-corrected chi connectivity index (χ1v) is 9.55. The van der Waals surface area contributed by atoms with E-state index in [2.05, 4.69) is 15.3 Å². The van der Waals surface area contributed by atoms with E-state index >= 15 is 0 Å². The smallest absolute Gasteiger partial charge is 0.267 e. The van der Waals surface area contributed by atoms with Crippen LogP contribution in [0.25, 0.3) is 11.3 Å². The summed E-state index contributed by atoms with van der Waals surface area (Å²) in [6.07, 6.45) is 0. The first kappa shape index (κ1) is 18.9. The molecule has 1 aromatic heterocycles. The van der Waals surface area contributed by atoms with Crippen molar-refractivity contribution in [2.75, 3.05) is 36.5 Å². The summed E-state index contributed by atoms with van der Waals surface area (Å²) < 4.78 is 6.55. The van der Waals surface area contributed by atoms with Gasteiger partial charge in [-0.05, 0) is 30.3 Å². The largest absolute Gasteiger partial charge is 0.378 e. The van der Waals surface area contributed by atoms with Gasteiger partial charge in [0, 0.05) is 36.1 Å². The zero-order valence-electron chi connectivity index (χ0n) is 16.0. The number of nitrogens with one attached hydrogen (secondary N) is 1. The van der Waals surface area contributed by atoms with Crippen LogP contribution < -0.4 is 15.8 Å². The minimum absolute atomic E-state index is 0.148. The molecule has 1 fully saturated rings. The number of hydrogen-bond acceptors (Lipinski definition) is 5. The number of benzene rings is 2. The number of amides is 1. The van der Waals surface area contributed by atoms with Crippen molar-refractivity contribution in [2.24, 2.45) is 0 Å². The monoisotopic (exact) mass is 390 g/mol. The summed E-state index contributed by atoms with van der Waals surface area (Å²) in [5.41, 5.74) is 3.00. The van der Waals surface area contributed by atoms with E-state index in [1.165, 1.54) is 10.7 Å². The molecule has 0 atom stereocenters. The summed E-state index contributed by atoms with van der Waals surface area (Å²) >= 11 is 0. The molecule has 2 heterocycles. The van der Waals surface area contributed by atoms with Crippen LogP contribution >= 0.6 is 0 Å². The van der Waals surface area contributed by atoms with E-state index in [0.29, 0.717) is 11.4 Å². The third kappa shape index (κ3) is 4.70. The molecule has 148 valence electrons. The predicted octanol–water partition coefficient (Wildman–Crippen LogP) is 2.39. The van der Waals surface area contributed by atoms with Crippen molar-refractivity contribution in [3.8, 4) is 11.3 Å². The van der Waals surface area contributed by atoms with Gasteiger partial charge < -0.3 is 15.0 Å². The fourth-order valence-corrected chi connectivity index (χ4v) is 3.24. The van der Waals surface area contributed by atoms with Crippen LogP contribution in [0.15, 0.2) is 71.5 Å². The molecule has 1 amide bonds. The number of rotatable bonds is 5. The van der Waals surface area contributed by atoms with Crippen molar-refractivity contribution >= 4 is 17.3 Å². The van der Waals surface area contributed by atoms with E-state index in [0.717, 1.165) is 37.6 Å².